The van der Waals surface area contributed by atoms with Crippen LogP contribution in [0.2, 0.25) is 0 Å². The first kappa shape index (κ1) is 9.49. The fraction of sp³-hybridized carbons (Fsp3) is 0.455. The van der Waals surface area contributed by atoms with Gasteiger partial charge in [0.1, 0.15) is 5.75 Å². The number of ether oxygens (including phenoxy) is 1. The Morgan fingerprint density at radius 2 is 2.36 bits per heavy atom. The number of fused-ring (bicyclic) bond motifs is 1. The van der Waals surface area contributed by atoms with Gasteiger partial charge in [-0.25, -0.2) is 0 Å². The van der Waals surface area contributed by atoms with Crippen molar-refractivity contribution in [3.05, 3.63) is 29.3 Å². The second kappa shape index (κ2) is 3.98. The Kier molecular flexibility index (Phi) is 2.70. The van der Waals surface area contributed by atoms with E-state index in [1.807, 2.05) is 18.0 Å². The average molecular weight is 193 g/mol. The molecule has 1 aliphatic heterocycles. The average Bonchev–Trinajstić information content (AvgIpc) is 2.64. The third kappa shape index (κ3) is 1.89. The zero-order chi connectivity index (χ0) is 9.97. The molecule has 0 spiro atoms. The van der Waals surface area contributed by atoms with E-state index in [0.717, 1.165) is 25.3 Å². The molecule has 0 aromatic heterocycles. The summed E-state index contributed by atoms with van der Waals surface area (Å²) in [6.07, 6.45) is 1.01. The van der Waals surface area contributed by atoms with Crippen LogP contribution in [-0.2, 0) is 13.0 Å². The Morgan fingerprint density at radius 1 is 1.50 bits per heavy atom. The van der Waals surface area contributed by atoms with Gasteiger partial charge in [0.05, 0.1) is 13.3 Å². The van der Waals surface area contributed by atoms with Gasteiger partial charge in [0.25, 0.3) is 0 Å². The first-order chi connectivity index (χ1) is 6.79. The lowest BCUT2D eigenvalue weighted by Gasteiger charge is -2.13. The lowest BCUT2D eigenvalue weighted by Crippen LogP contribution is -2.18. The van der Waals surface area contributed by atoms with Gasteiger partial charge in [-0.05, 0) is 24.2 Å². The molecule has 1 aliphatic rings. The highest BCUT2D eigenvalue weighted by Gasteiger charge is 2.12. The molecular weight excluding hydrogens is 178 g/mol. The third-order valence-electron chi connectivity index (χ3n) is 2.45. The molecule has 14 heavy (non-hydrogen) atoms. The van der Waals surface area contributed by atoms with Crippen LogP contribution in [0, 0.1) is 0 Å². The SMILES string of the molecule is CN(CO)Cc1ccc2c(c1)CCO2. The molecular formula is C11H15NO2. The minimum absolute atomic E-state index is 0.0909. The van der Waals surface area contributed by atoms with Gasteiger partial charge in [0, 0.05) is 13.0 Å². The van der Waals surface area contributed by atoms with E-state index in [2.05, 4.69) is 12.1 Å². The summed E-state index contributed by atoms with van der Waals surface area (Å²) in [6.45, 7) is 1.67. The maximum atomic E-state index is 8.89. The van der Waals surface area contributed by atoms with Gasteiger partial charge >= 0.3 is 0 Å². The summed E-state index contributed by atoms with van der Waals surface area (Å²) in [5.41, 5.74) is 2.51. The van der Waals surface area contributed by atoms with Crippen LogP contribution in [-0.4, -0.2) is 30.4 Å². The van der Waals surface area contributed by atoms with Gasteiger partial charge in [0.15, 0.2) is 0 Å². The zero-order valence-corrected chi connectivity index (χ0v) is 8.36. The predicted octanol–water partition coefficient (Wildman–Crippen LogP) is 1.00. The normalized spacial score (nSPS) is 14.2. The van der Waals surface area contributed by atoms with Crippen LogP contribution in [0.15, 0.2) is 18.2 Å². The van der Waals surface area contributed by atoms with Crippen molar-refractivity contribution in [2.45, 2.75) is 13.0 Å². The highest BCUT2D eigenvalue weighted by atomic mass is 16.5. The van der Waals surface area contributed by atoms with Crippen LogP contribution in [0.3, 0.4) is 0 Å². The van der Waals surface area contributed by atoms with Crippen molar-refractivity contribution in [3.63, 3.8) is 0 Å². The topological polar surface area (TPSA) is 32.7 Å². The van der Waals surface area contributed by atoms with E-state index < -0.39 is 0 Å². The molecule has 3 nitrogen and oxygen atoms in total. The molecule has 1 N–H and O–H groups in total. The lowest BCUT2D eigenvalue weighted by molar-refractivity contribution is 0.127. The number of nitrogens with zero attached hydrogens (tertiary/aromatic N) is 1. The van der Waals surface area contributed by atoms with Crippen molar-refractivity contribution in [2.75, 3.05) is 20.4 Å². The van der Waals surface area contributed by atoms with Crippen molar-refractivity contribution in [2.24, 2.45) is 0 Å². The number of aliphatic hydroxyl groups excluding tert-OH is 1. The molecule has 2 rings (SSSR count). The Hall–Kier alpha value is -1.06. The summed E-state index contributed by atoms with van der Waals surface area (Å²) in [5.74, 6) is 1.01. The summed E-state index contributed by atoms with van der Waals surface area (Å²) in [6, 6.07) is 6.23. The fourth-order valence-electron chi connectivity index (χ4n) is 1.70. The van der Waals surface area contributed by atoms with Crippen LogP contribution < -0.4 is 4.74 Å². The molecule has 0 fully saturated rings. The fourth-order valence-corrected chi connectivity index (χ4v) is 1.70. The van der Waals surface area contributed by atoms with E-state index in [9.17, 15) is 0 Å². The maximum Gasteiger partial charge on any atom is 0.122 e. The smallest absolute Gasteiger partial charge is 0.122 e. The molecule has 1 aromatic rings. The van der Waals surface area contributed by atoms with Crippen LogP contribution in [0.1, 0.15) is 11.1 Å². The zero-order valence-electron chi connectivity index (χ0n) is 8.36. The van der Waals surface area contributed by atoms with Crippen LogP contribution in [0.4, 0.5) is 0 Å². The van der Waals surface area contributed by atoms with E-state index in [0.29, 0.717) is 0 Å². The third-order valence-corrected chi connectivity index (χ3v) is 2.45. The number of benzene rings is 1. The first-order valence-corrected chi connectivity index (χ1v) is 4.83. The molecule has 0 aliphatic carbocycles. The van der Waals surface area contributed by atoms with E-state index in [1.54, 1.807) is 0 Å². The Labute approximate surface area is 83.9 Å². The molecule has 0 saturated heterocycles. The Balaban J connectivity index is 2.12. The van der Waals surface area contributed by atoms with E-state index >= 15 is 0 Å². The summed E-state index contributed by atoms with van der Waals surface area (Å²) < 4.78 is 5.42. The number of hydrogen-bond donors (Lipinski definition) is 1. The molecule has 0 bridgehead atoms. The van der Waals surface area contributed by atoms with Gasteiger partial charge in [-0.3, -0.25) is 4.90 Å². The maximum absolute atomic E-state index is 8.89. The van der Waals surface area contributed by atoms with Crippen LogP contribution >= 0.6 is 0 Å². The van der Waals surface area contributed by atoms with Crippen molar-refractivity contribution in [3.8, 4) is 5.75 Å². The van der Waals surface area contributed by atoms with Crippen LogP contribution in [0.5, 0.6) is 5.75 Å². The standard InChI is InChI=1S/C11H15NO2/c1-12(8-13)7-9-2-3-11-10(6-9)4-5-14-11/h2-3,6,13H,4-5,7-8H2,1H3. The highest BCUT2D eigenvalue weighted by Crippen LogP contribution is 2.26. The van der Waals surface area contributed by atoms with Gasteiger partial charge in [-0.15, -0.1) is 0 Å². The Bertz CT molecular complexity index is 325. The summed E-state index contributed by atoms with van der Waals surface area (Å²) >= 11 is 0. The minimum atomic E-state index is 0.0909. The minimum Gasteiger partial charge on any atom is -0.493 e. The summed E-state index contributed by atoms with van der Waals surface area (Å²) in [7, 11) is 1.89. The number of aliphatic hydroxyl groups is 1. The van der Waals surface area contributed by atoms with Crippen molar-refractivity contribution < 1.29 is 9.84 Å². The van der Waals surface area contributed by atoms with Crippen molar-refractivity contribution in [1.29, 1.82) is 0 Å². The highest BCUT2D eigenvalue weighted by molar-refractivity contribution is 5.39. The lowest BCUT2D eigenvalue weighted by atomic mass is 10.1. The Morgan fingerprint density at radius 3 is 3.14 bits per heavy atom. The van der Waals surface area contributed by atoms with Crippen molar-refractivity contribution in [1.82, 2.24) is 4.90 Å². The van der Waals surface area contributed by atoms with Gasteiger partial charge < -0.3 is 9.84 Å². The van der Waals surface area contributed by atoms with Gasteiger partial charge in [-0.2, -0.15) is 0 Å². The van der Waals surface area contributed by atoms with Crippen molar-refractivity contribution >= 4 is 0 Å². The van der Waals surface area contributed by atoms with Gasteiger partial charge in [0.2, 0.25) is 0 Å². The van der Waals surface area contributed by atoms with E-state index in [4.69, 9.17) is 9.84 Å². The molecule has 1 aromatic carbocycles. The monoisotopic (exact) mass is 193 g/mol. The molecule has 0 atom stereocenters. The molecule has 76 valence electrons. The summed E-state index contributed by atoms with van der Waals surface area (Å²) in [4.78, 5) is 1.86. The molecule has 0 radical (unpaired) electrons. The quantitative estimate of drug-likeness (QED) is 0.727. The molecule has 0 saturated carbocycles. The predicted molar refractivity (Wildman–Crippen MR) is 54.2 cm³/mol. The van der Waals surface area contributed by atoms with E-state index in [1.165, 1.54) is 11.1 Å². The molecule has 3 heteroatoms. The second-order valence-corrected chi connectivity index (χ2v) is 3.70. The largest absolute Gasteiger partial charge is 0.493 e. The molecule has 1 heterocycles. The first-order valence-electron chi connectivity index (χ1n) is 4.83. The number of hydrogen-bond acceptors (Lipinski definition) is 3. The molecule has 0 amide bonds. The molecule has 0 unspecified atom stereocenters. The second-order valence-electron chi connectivity index (χ2n) is 3.70. The van der Waals surface area contributed by atoms with E-state index in [-0.39, 0.29) is 6.73 Å². The summed E-state index contributed by atoms with van der Waals surface area (Å²) in [5, 5.41) is 8.89. The van der Waals surface area contributed by atoms with Gasteiger partial charge in [-0.1, -0.05) is 12.1 Å². The number of rotatable bonds is 3. The van der Waals surface area contributed by atoms with Crippen LogP contribution in [0.25, 0.3) is 0 Å².